The van der Waals surface area contributed by atoms with Crippen molar-refractivity contribution in [2.75, 3.05) is 59.4 Å². The molecule has 2 fully saturated rings. The fourth-order valence-electron chi connectivity index (χ4n) is 9.17. The van der Waals surface area contributed by atoms with Crippen LogP contribution in [0.5, 0.6) is 5.75 Å². The summed E-state index contributed by atoms with van der Waals surface area (Å²) in [5, 5.41) is 32.2. The Hall–Kier alpha value is -3.75. The van der Waals surface area contributed by atoms with Gasteiger partial charge in [-0.15, -0.1) is 0 Å². The van der Waals surface area contributed by atoms with E-state index in [1.54, 1.807) is 19.1 Å². The van der Waals surface area contributed by atoms with Crippen molar-refractivity contribution in [3.05, 3.63) is 47.5 Å². The van der Waals surface area contributed by atoms with Crippen LogP contribution < -0.4 is 25.6 Å². The number of methoxy groups -OCH3 is 1. The summed E-state index contributed by atoms with van der Waals surface area (Å²) >= 11 is 0. The second-order valence-electron chi connectivity index (χ2n) is 18.6. The lowest BCUT2D eigenvalue weighted by Crippen LogP contribution is -2.57. The fraction of sp³-hybridized carbons (Fsp3) is 0.674. The first-order chi connectivity index (χ1) is 27.7. The maximum atomic E-state index is 14.6. The molecule has 59 heavy (non-hydrogen) atoms. The number of nitrogens with one attached hydrogen (secondary N) is 3. The number of aliphatic hydroxyl groups is 2. The molecule has 0 spiro atoms. The van der Waals surface area contributed by atoms with Crippen LogP contribution >= 0.6 is 0 Å². The number of para-hydroxylation sites is 1. The molecule has 5 N–H and O–H groups in total. The van der Waals surface area contributed by atoms with E-state index in [0.717, 1.165) is 35.2 Å². The lowest BCUT2D eigenvalue weighted by Gasteiger charge is -2.50. The molecule has 1 heterocycles. The first-order valence-electron chi connectivity index (χ1n) is 21.4. The number of hydroxylamine groups is 2. The lowest BCUT2D eigenvalue weighted by molar-refractivity contribution is -0.176. The van der Waals surface area contributed by atoms with Crippen LogP contribution in [0.1, 0.15) is 91.1 Å². The van der Waals surface area contributed by atoms with Gasteiger partial charge in [-0.2, -0.15) is 5.06 Å². The molecule has 2 aliphatic rings. The zero-order valence-electron chi connectivity index (χ0n) is 38.0. The smallest absolute Gasteiger partial charge is 0.251 e. The molecular formula is C46H74N6O7. The topological polar surface area (TPSA) is 156 Å². The fourth-order valence-corrected chi connectivity index (χ4v) is 9.17. The number of amides is 3. The van der Waals surface area contributed by atoms with Crippen LogP contribution in [-0.4, -0.2) is 123 Å². The summed E-state index contributed by atoms with van der Waals surface area (Å²) in [6.45, 7) is 20.0. The molecule has 2 aromatic carbocycles. The van der Waals surface area contributed by atoms with Crippen molar-refractivity contribution in [3.63, 3.8) is 0 Å². The summed E-state index contributed by atoms with van der Waals surface area (Å²) in [6, 6.07) is 10.5. The van der Waals surface area contributed by atoms with Crippen LogP contribution in [0.2, 0.25) is 0 Å². The molecule has 1 aliphatic carbocycles. The third-order valence-electron chi connectivity index (χ3n) is 13.2. The second-order valence-corrected chi connectivity index (χ2v) is 18.6. The van der Waals surface area contributed by atoms with Crippen molar-refractivity contribution < 1.29 is 34.2 Å². The van der Waals surface area contributed by atoms with Gasteiger partial charge in [0.1, 0.15) is 17.9 Å². The summed E-state index contributed by atoms with van der Waals surface area (Å²) in [6.07, 6.45) is 0.0650. The largest absolute Gasteiger partial charge is 0.496 e. The Kier molecular flexibility index (Phi) is 16.8. The average Bonchev–Trinajstić information content (AvgIpc) is 3.53. The minimum Gasteiger partial charge on any atom is -0.496 e. The number of anilines is 1. The third kappa shape index (κ3) is 11.8. The number of carbonyl (C=O) groups is 3. The van der Waals surface area contributed by atoms with Gasteiger partial charge in [-0.3, -0.25) is 19.2 Å². The Morgan fingerprint density at radius 1 is 1.07 bits per heavy atom. The van der Waals surface area contributed by atoms with Crippen molar-refractivity contribution in [2.24, 2.45) is 35.0 Å². The number of likely N-dealkylation sites (N-methyl/N-ethyl adjacent to an activating group) is 2. The number of hydrogen-bond donors (Lipinski definition) is 5. The molecule has 1 saturated heterocycles. The zero-order valence-corrected chi connectivity index (χ0v) is 38.0. The van der Waals surface area contributed by atoms with Gasteiger partial charge in [-0.05, 0) is 86.7 Å². The molecule has 1 saturated carbocycles. The highest BCUT2D eigenvalue weighted by Crippen LogP contribution is 2.48. The van der Waals surface area contributed by atoms with Crippen molar-refractivity contribution in [1.29, 1.82) is 0 Å². The van der Waals surface area contributed by atoms with Gasteiger partial charge in [0.05, 0.1) is 26.4 Å². The van der Waals surface area contributed by atoms with Crippen LogP contribution in [0.15, 0.2) is 36.4 Å². The molecular weight excluding hydrogens is 749 g/mol. The molecule has 13 heteroatoms. The predicted molar refractivity (Wildman–Crippen MR) is 234 cm³/mol. The molecule has 0 bridgehead atoms. The van der Waals surface area contributed by atoms with Crippen LogP contribution in [0.3, 0.4) is 0 Å². The SMILES string of the molecule is COc1c(CN2O[C@@H](CNC(C)=O)[C@@H]([C@H](C)O)[C@H]2C(=O)N[C@H]2C[C@@H](C)C(C)(C)[C@@H](C)[C@@H]2C)cccc1-c1cc(C(=O)N[C@@H](CC(C)C)CN(C)C)cc(N(C)CCO)c1. The van der Waals surface area contributed by atoms with Gasteiger partial charge in [0, 0.05) is 74.0 Å². The monoisotopic (exact) mass is 823 g/mol. The van der Waals surface area contributed by atoms with E-state index in [9.17, 15) is 24.6 Å². The van der Waals surface area contributed by atoms with Crippen LogP contribution in [-0.2, 0) is 21.0 Å². The summed E-state index contributed by atoms with van der Waals surface area (Å²) < 4.78 is 6.15. The molecule has 9 atom stereocenters. The van der Waals surface area contributed by atoms with Gasteiger partial charge in [0.15, 0.2) is 0 Å². The number of ether oxygens (including phenoxy) is 1. The molecule has 1 aliphatic heterocycles. The summed E-state index contributed by atoms with van der Waals surface area (Å²) in [5.41, 5.74) is 3.55. The molecule has 3 amide bonds. The number of hydrogen-bond acceptors (Lipinski definition) is 10. The Morgan fingerprint density at radius 3 is 2.36 bits per heavy atom. The van der Waals surface area contributed by atoms with Gasteiger partial charge in [-0.25, -0.2) is 0 Å². The van der Waals surface area contributed by atoms with Crippen molar-refractivity contribution in [2.45, 2.75) is 112 Å². The van der Waals surface area contributed by atoms with E-state index in [1.807, 2.05) is 62.4 Å². The molecule has 13 nitrogen and oxygen atoms in total. The van der Waals surface area contributed by atoms with E-state index in [2.05, 4.69) is 69.3 Å². The summed E-state index contributed by atoms with van der Waals surface area (Å²) in [5.74, 6) is 0.609. The number of rotatable bonds is 18. The second kappa shape index (κ2) is 20.7. The number of benzene rings is 2. The van der Waals surface area contributed by atoms with Crippen LogP contribution in [0.4, 0.5) is 5.69 Å². The Balaban J connectivity index is 1.76. The minimum atomic E-state index is -0.927. The van der Waals surface area contributed by atoms with Gasteiger partial charge >= 0.3 is 0 Å². The van der Waals surface area contributed by atoms with Gasteiger partial charge < -0.3 is 40.7 Å². The highest BCUT2D eigenvalue weighted by atomic mass is 16.7. The third-order valence-corrected chi connectivity index (χ3v) is 13.2. The summed E-state index contributed by atoms with van der Waals surface area (Å²) in [4.78, 5) is 51.2. The van der Waals surface area contributed by atoms with E-state index >= 15 is 0 Å². The van der Waals surface area contributed by atoms with E-state index in [0.29, 0.717) is 42.2 Å². The molecule has 0 radical (unpaired) electrons. The Morgan fingerprint density at radius 2 is 1.76 bits per heavy atom. The van der Waals surface area contributed by atoms with Gasteiger partial charge in [-0.1, -0.05) is 66.7 Å². The standard InChI is InChI=1S/C46H74N6O7/c1-27(2)19-36(26-50(10)11)48-44(56)35-21-34(22-37(23-35)51(12)17-18-53)38-16-14-15-33(43(38)58-13)25-52-42(41(31(6)54)40(59-52)24-47-32(7)55)45(57)49-39-20-28(3)46(8,9)30(5)29(39)4/h14-16,21-23,27-31,36,39-42,53-54H,17-20,24-26H2,1-13H3,(H,47,55)(H,48,56)(H,49,57)/t28-,29+,30+,31+,36+,39+,40+,41-,42+/m1/s1. The number of carbonyl (C=O) groups excluding carboxylic acids is 3. The highest BCUT2D eigenvalue weighted by molar-refractivity contribution is 5.97. The van der Waals surface area contributed by atoms with E-state index in [1.165, 1.54) is 6.92 Å². The van der Waals surface area contributed by atoms with Gasteiger partial charge in [0.25, 0.3) is 5.91 Å². The van der Waals surface area contributed by atoms with E-state index in [4.69, 9.17) is 9.57 Å². The zero-order chi connectivity index (χ0) is 43.9. The molecule has 0 aromatic heterocycles. The van der Waals surface area contributed by atoms with Crippen molar-refractivity contribution in [1.82, 2.24) is 25.9 Å². The quantitative estimate of drug-likeness (QED) is 0.140. The normalized spacial score (nSPS) is 25.4. The molecule has 2 aromatic rings. The average molecular weight is 823 g/mol. The number of nitrogens with zero attached hydrogens (tertiary/aromatic N) is 3. The van der Waals surface area contributed by atoms with Crippen LogP contribution in [0.25, 0.3) is 11.1 Å². The highest BCUT2D eigenvalue weighted by Gasteiger charge is 2.51. The molecule has 4 rings (SSSR count). The van der Waals surface area contributed by atoms with E-state index < -0.39 is 24.2 Å². The summed E-state index contributed by atoms with van der Waals surface area (Å²) in [7, 11) is 7.46. The first kappa shape index (κ1) is 47.9. The predicted octanol–water partition coefficient (Wildman–Crippen LogP) is 4.94. The van der Waals surface area contributed by atoms with Crippen LogP contribution in [0, 0.1) is 35.0 Å². The van der Waals surface area contributed by atoms with E-state index in [-0.39, 0.29) is 60.8 Å². The maximum absolute atomic E-state index is 14.6. The van der Waals surface area contributed by atoms with Crippen molar-refractivity contribution in [3.8, 4) is 16.9 Å². The Labute approximate surface area is 353 Å². The Bertz CT molecular complexity index is 1720. The first-order valence-corrected chi connectivity index (χ1v) is 21.4. The maximum Gasteiger partial charge on any atom is 0.251 e. The molecule has 0 unspecified atom stereocenters. The van der Waals surface area contributed by atoms with Gasteiger partial charge in [0.2, 0.25) is 11.8 Å². The minimum absolute atomic E-state index is 0.0526. The number of aliphatic hydroxyl groups excluding tert-OH is 2. The van der Waals surface area contributed by atoms with Crippen molar-refractivity contribution >= 4 is 23.4 Å². The lowest BCUT2D eigenvalue weighted by atomic mass is 9.58. The molecule has 330 valence electrons.